The Morgan fingerprint density at radius 3 is 2.52 bits per heavy atom. The predicted octanol–water partition coefficient (Wildman–Crippen LogP) is 1.58. The molecule has 0 radical (unpaired) electrons. The summed E-state index contributed by atoms with van der Waals surface area (Å²) in [4.78, 5) is 10.8. The van der Waals surface area contributed by atoms with Gasteiger partial charge in [0.15, 0.2) is 10.7 Å². The van der Waals surface area contributed by atoms with Crippen LogP contribution in [0.15, 0.2) is 33.7 Å². The zero-order valence-corrected chi connectivity index (χ0v) is 12.2. The number of benzene rings is 1. The molecule has 2 amide bonds. The maximum atomic E-state index is 12.3. The van der Waals surface area contributed by atoms with Crippen LogP contribution in [0.5, 0.6) is 0 Å². The Bertz CT molecular complexity index is 763. The highest BCUT2D eigenvalue weighted by Gasteiger charge is 2.24. The first-order valence-corrected chi connectivity index (χ1v) is 7.40. The predicted molar refractivity (Wildman–Crippen MR) is 76.4 cm³/mol. The number of aromatic nitrogens is 1. The fourth-order valence-electron chi connectivity index (χ4n) is 1.87. The summed E-state index contributed by atoms with van der Waals surface area (Å²) in [6, 6.07) is 5.41. The molecule has 0 aliphatic carbocycles. The van der Waals surface area contributed by atoms with Gasteiger partial charge >= 0.3 is 6.03 Å². The second-order valence-electron chi connectivity index (χ2n) is 4.33. The maximum Gasteiger partial charge on any atom is 0.316 e. The highest BCUT2D eigenvalue weighted by Crippen LogP contribution is 2.23. The molecule has 0 aliphatic rings. The SMILES string of the molecule is Cc1noc(C)c1S(=O)(=O)Nc1cccc(NC(N)=O)c1. The van der Waals surface area contributed by atoms with Gasteiger partial charge in [0.05, 0.1) is 5.69 Å². The van der Waals surface area contributed by atoms with Gasteiger partial charge in [-0.2, -0.15) is 0 Å². The Hall–Kier alpha value is -2.55. The van der Waals surface area contributed by atoms with Crippen LogP contribution in [-0.4, -0.2) is 19.6 Å². The van der Waals surface area contributed by atoms with Crippen molar-refractivity contribution < 1.29 is 17.7 Å². The number of nitrogens with zero attached hydrogens (tertiary/aromatic N) is 1. The number of amides is 2. The van der Waals surface area contributed by atoms with Crippen LogP contribution in [0.2, 0.25) is 0 Å². The number of carbonyl (C=O) groups is 1. The number of primary amides is 1. The lowest BCUT2D eigenvalue weighted by atomic mass is 10.3. The Morgan fingerprint density at radius 1 is 1.29 bits per heavy atom. The molecule has 0 atom stereocenters. The van der Waals surface area contributed by atoms with Crippen LogP contribution in [0, 0.1) is 13.8 Å². The number of anilines is 2. The monoisotopic (exact) mass is 310 g/mol. The summed E-state index contributed by atoms with van der Waals surface area (Å²) in [5.41, 5.74) is 5.93. The van der Waals surface area contributed by atoms with Crippen molar-refractivity contribution in [2.45, 2.75) is 18.7 Å². The lowest BCUT2D eigenvalue weighted by Gasteiger charge is -2.09. The van der Waals surface area contributed by atoms with Crippen molar-refractivity contribution in [3.63, 3.8) is 0 Å². The number of aryl methyl sites for hydroxylation is 2. The molecule has 0 aliphatic heterocycles. The summed E-state index contributed by atoms with van der Waals surface area (Å²) < 4.78 is 31.9. The smallest absolute Gasteiger partial charge is 0.316 e. The molecule has 112 valence electrons. The van der Waals surface area contributed by atoms with Gasteiger partial charge < -0.3 is 15.6 Å². The van der Waals surface area contributed by atoms with Crippen LogP contribution in [0.3, 0.4) is 0 Å². The molecule has 9 heteroatoms. The standard InChI is InChI=1S/C12H14N4O4S/c1-7-11(8(2)20-15-7)21(18,19)16-10-5-3-4-9(6-10)14-12(13)17/h3-6,16H,1-2H3,(H3,13,14,17). The summed E-state index contributed by atoms with van der Waals surface area (Å²) >= 11 is 0. The third-order valence-electron chi connectivity index (χ3n) is 2.62. The minimum absolute atomic E-state index is 0.00392. The summed E-state index contributed by atoms with van der Waals surface area (Å²) in [5.74, 6) is 0.200. The van der Waals surface area contributed by atoms with Gasteiger partial charge in [0, 0.05) is 5.69 Å². The van der Waals surface area contributed by atoms with E-state index in [1.54, 1.807) is 18.2 Å². The van der Waals surface area contributed by atoms with Crippen LogP contribution in [0.1, 0.15) is 11.5 Å². The molecule has 1 heterocycles. The highest BCUT2D eigenvalue weighted by atomic mass is 32.2. The number of nitrogens with one attached hydrogen (secondary N) is 2. The van der Waals surface area contributed by atoms with Gasteiger partial charge in [0.25, 0.3) is 10.0 Å². The zero-order chi connectivity index (χ0) is 15.6. The molecule has 0 saturated carbocycles. The van der Waals surface area contributed by atoms with E-state index in [-0.39, 0.29) is 22.0 Å². The van der Waals surface area contributed by atoms with E-state index in [2.05, 4.69) is 15.2 Å². The van der Waals surface area contributed by atoms with Crippen molar-refractivity contribution in [2.75, 3.05) is 10.0 Å². The van der Waals surface area contributed by atoms with Crippen LogP contribution in [-0.2, 0) is 10.0 Å². The largest absolute Gasteiger partial charge is 0.360 e. The Kier molecular flexibility index (Phi) is 3.85. The van der Waals surface area contributed by atoms with Crippen molar-refractivity contribution in [2.24, 2.45) is 5.73 Å². The van der Waals surface area contributed by atoms with Crippen molar-refractivity contribution in [3.8, 4) is 0 Å². The van der Waals surface area contributed by atoms with E-state index < -0.39 is 16.1 Å². The van der Waals surface area contributed by atoms with E-state index in [4.69, 9.17) is 10.3 Å². The van der Waals surface area contributed by atoms with E-state index in [0.717, 1.165) is 0 Å². The summed E-state index contributed by atoms with van der Waals surface area (Å²) in [7, 11) is -3.83. The van der Waals surface area contributed by atoms with Gasteiger partial charge in [-0.3, -0.25) is 4.72 Å². The third-order valence-corrected chi connectivity index (χ3v) is 4.24. The third kappa shape index (κ3) is 3.31. The summed E-state index contributed by atoms with van der Waals surface area (Å²) in [6.45, 7) is 3.05. The average Bonchev–Trinajstić information content (AvgIpc) is 2.68. The second kappa shape index (κ2) is 5.44. The molecule has 2 rings (SSSR count). The molecule has 4 N–H and O–H groups in total. The first-order valence-electron chi connectivity index (χ1n) is 5.92. The molecule has 0 spiro atoms. The van der Waals surface area contributed by atoms with Crippen molar-refractivity contribution in [3.05, 3.63) is 35.7 Å². The lowest BCUT2D eigenvalue weighted by molar-refractivity contribution is 0.259. The van der Waals surface area contributed by atoms with Crippen molar-refractivity contribution in [1.82, 2.24) is 5.16 Å². The molecule has 2 aromatic rings. The maximum absolute atomic E-state index is 12.3. The van der Waals surface area contributed by atoms with Gasteiger partial charge in [0.1, 0.15) is 5.69 Å². The molecule has 0 saturated heterocycles. The van der Waals surface area contributed by atoms with E-state index in [9.17, 15) is 13.2 Å². The van der Waals surface area contributed by atoms with Crippen LogP contribution in [0.25, 0.3) is 0 Å². The van der Waals surface area contributed by atoms with E-state index in [0.29, 0.717) is 5.69 Å². The molecule has 0 unspecified atom stereocenters. The number of rotatable bonds is 4. The highest BCUT2D eigenvalue weighted by molar-refractivity contribution is 7.92. The van der Waals surface area contributed by atoms with Crippen LogP contribution in [0.4, 0.5) is 16.2 Å². The summed E-state index contributed by atoms with van der Waals surface area (Å²) in [5, 5.41) is 5.97. The number of urea groups is 1. The first-order chi connectivity index (χ1) is 9.79. The second-order valence-corrected chi connectivity index (χ2v) is 5.95. The normalized spacial score (nSPS) is 11.1. The van der Waals surface area contributed by atoms with Gasteiger partial charge in [-0.1, -0.05) is 11.2 Å². The van der Waals surface area contributed by atoms with Crippen molar-refractivity contribution in [1.29, 1.82) is 0 Å². The molecule has 1 aromatic carbocycles. The molecular formula is C12H14N4O4S. The molecule has 8 nitrogen and oxygen atoms in total. The van der Waals surface area contributed by atoms with E-state index >= 15 is 0 Å². The Morgan fingerprint density at radius 2 is 1.95 bits per heavy atom. The minimum atomic E-state index is -3.83. The summed E-state index contributed by atoms with van der Waals surface area (Å²) in [6.07, 6.45) is 0. The van der Waals surface area contributed by atoms with E-state index in [1.165, 1.54) is 19.9 Å². The van der Waals surface area contributed by atoms with Gasteiger partial charge in [-0.05, 0) is 32.0 Å². The topological polar surface area (TPSA) is 127 Å². The fraction of sp³-hybridized carbons (Fsp3) is 0.167. The van der Waals surface area contributed by atoms with Crippen molar-refractivity contribution >= 4 is 27.4 Å². The minimum Gasteiger partial charge on any atom is -0.360 e. The zero-order valence-electron chi connectivity index (χ0n) is 11.4. The molecule has 0 bridgehead atoms. The molecule has 1 aromatic heterocycles. The quantitative estimate of drug-likeness (QED) is 0.790. The van der Waals surface area contributed by atoms with E-state index in [1.807, 2.05) is 0 Å². The lowest BCUT2D eigenvalue weighted by Crippen LogP contribution is -2.19. The number of carbonyl (C=O) groups excluding carboxylic acids is 1. The van der Waals surface area contributed by atoms with Crippen LogP contribution < -0.4 is 15.8 Å². The Labute approximate surface area is 121 Å². The molecule has 21 heavy (non-hydrogen) atoms. The van der Waals surface area contributed by atoms with Crippen LogP contribution >= 0.6 is 0 Å². The number of sulfonamides is 1. The molecular weight excluding hydrogens is 296 g/mol. The number of nitrogens with two attached hydrogens (primary N) is 1. The average molecular weight is 310 g/mol. The van der Waals surface area contributed by atoms with Gasteiger partial charge in [-0.25, -0.2) is 13.2 Å². The Balaban J connectivity index is 2.31. The fourth-order valence-corrected chi connectivity index (χ4v) is 3.25. The number of hydrogen-bond acceptors (Lipinski definition) is 5. The number of hydrogen-bond donors (Lipinski definition) is 3. The molecule has 0 fully saturated rings. The van der Waals surface area contributed by atoms with Gasteiger partial charge in [0.2, 0.25) is 0 Å². The van der Waals surface area contributed by atoms with Gasteiger partial charge in [-0.15, -0.1) is 0 Å². The first kappa shape index (κ1) is 14.9.